The van der Waals surface area contributed by atoms with Gasteiger partial charge in [0.25, 0.3) is 0 Å². The molecule has 0 saturated carbocycles. The number of nitrogens with zero attached hydrogens (tertiary/aromatic N) is 1. The molecule has 92 valence electrons. The largest absolute Gasteiger partial charge is 0.383 e. The minimum absolute atomic E-state index is 0.237. The number of hydrogen-bond donors (Lipinski definition) is 1. The van der Waals surface area contributed by atoms with Gasteiger partial charge in [0.15, 0.2) is 0 Å². The van der Waals surface area contributed by atoms with Gasteiger partial charge in [-0.2, -0.15) is 4.37 Å². The summed E-state index contributed by atoms with van der Waals surface area (Å²) in [5.74, 6) is 0.623. The Morgan fingerprint density at radius 1 is 1.47 bits per heavy atom. The molecule has 1 aromatic carbocycles. The first-order valence-electron chi connectivity index (χ1n) is 5.51. The molecule has 2 rings (SSSR count). The Kier molecular flexibility index (Phi) is 4.59. The quantitative estimate of drug-likeness (QED) is 0.818. The normalized spacial score (nSPS) is 12.8. The average Bonchev–Trinajstić information content (AvgIpc) is 2.74. The highest BCUT2D eigenvalue weighted by Gasteiger charge is 2.11. The second-order valence-corrected chi connectivity index (χ2v) is 4.95. The summed E-state index contributed by atoms with van der Waals surface area (Å²) >= 11 is 7.27. The van der Waals surface area contributed by atoms with E-state index in [0.717, 1.165) is 22.3 Å². The molecule has 0 bridgehead atoms. The summed E-state index contributed by atoms with van der Waals surface area (Å²) < 4.78 is 9.58. The molecular weight excluding hydrogens is 256 g/mol. The smallest absolute Gasteiger partial charge is 0.117 e. The predicted octanol–water partition coefficient (Wildman–Crippen LogP) is 3.35. The topological polar surface area (TPSA) is 34.1 Å². The summed E-state index contributed by atoms with van der Waals surface area (Å²) in [6, 6.07) is 8.35. The summed E-state index contributed by atoms with van der Waals surface area (Å²) in [6.45, 7) is 0.652. The van der Waals surface area contributed by atoms with Crippen LogP contribution in [0.15, 0.2) is 24.3 Å². The van der Waals surface area contributed by atoms with Crippen molar-refractivity contribution in [2.45, 2.75) is 12.5 Å². The Balaban J connectivity index is 2.15. The second-order valence-electron chi connectivity index (χ2n) is 3.80. The zero-order chi connectivity index (χ0) is 12.1. The van der Waals surface area contributed by atoms with E-state index in [0.29, 0.717) is 12.5 Å². The van der Waals surface area contributed by atoms with Gasteiger partial charge in [-0.25, -0.2) is 0 Å². The molecule has 0 aliphatic carbocycles. The van der Waals surface area contributed by atoms with Gasteiger partial charge in [-0.15, -0.1) is 11.6 Å². The molecule has 1 heterocycles. The van der Waals surface area contributed by atoms with E-state index in [9.17, 15) is 0 Å². The van der Waals surface area contributed by atoms with Crippen molar-refractivity contribution in [1.29, 1.82) is 0 Å². The lowest BCUT2D eigenvalue weighted by Gasteiger charge is -2.16. The molecule has 0 aliphatic rings. The Morgan fingerprint density at radius 3 is 3.06 bits per heavy atom. The zero-order valence-corrected chi connectivity index (χ0v) is 11.2. The third-order valence-corrected chi connectivity index (χ3v) is 3.57. The molecule has 1 aromatic heterocycles. The fourth-order valence-corrected chi connectivity index (χ4v) is 2.81. The van der Waals surface area contributed by atoms with E-state index in [4.69, 9.17) is 16.3 Å². The first-order chi connectivity index (χ1) is 8.35. The van der Waals surface area contributed by atoms with E-state index in [2.05, 4.69) is 15.8 Å². The number of alkyl halides is 1. The molecule has 0 fully saturated rings. The van der Waals surface area contributed by atoms with E-state index in [-0.39, 0.29) is 6.04 Å². The maximum atomic E-state index is 5.78. The van der Waals surface area contributed by atoms with E-state index in [1.165, 1.54) is 11.5 Å². The number of aromatic nitrogens is 1. The first-order valence-corrected chi connectivity index (χ1v) is 6.81. The van der Waals surface area contributed by atoms with E-state index in [1.54, 1.807) is 7.11 Å². The van der Waals surface area contributed by atoms with E-state index < -0.39 is 0 Å². The van der Waals surface area contributed by atoms with Gasteiger partial charge in [-0.3, -0.25) is 0 Å². The minimum atomic E-state index is 0.237. The monoisotopic (exact) mass is 270 g/mol. The third kappa shape index (κ3) is 3.09. The Morgan fingerprint density at radius 2 is 2.29 bits per heavy atom. The highest BCUT2D eigenvalue weighted by molar-refractivity contribution is 7.11. The van der Waals surface area contributed by atoms with Gasteiger partial charge in [0.2, 0.25) is 0 Å². The van der Waals surface area contributed by atoms with E-state index >= 15 is 0 Å². The summed E-state index contributed by atoms with van der Waals surface area (Å²) in [4.78, 5) is 0. The number of fused-ring (bicyclic) bond motifs is 1. The second kappa shape index (κ2) is 6.19. The number of benzene rings is 1. The molecule has 0 radical (unpaired) electrons. The van der Waals surface area contributed by atoms with Crippen LogP contribution in [0.2, 0.25) is 0 Å². The number of anilines is 1. The van der Waals surface area contributed by atoms with Crippen molar-refractivity contribution in [3.05, 3.63) is 24.3 Å². The minimum Gasteiger partial charge on any atom is -0.383 e. The van der Waals surface area contributed by atoms with Crippen LogP contribution in [-0.2, 0) is 4.74 Å². The van der Waals surface area contributed by atoms with Gasteiger partial charge in [0, 0.05) is 18.4 Å². The maximum Gasteiger partial charge on any atom is 0.117 e. The van der Waals surface area contributed by atoms with E-state index in [1.807, 2.05) is 18.2 Å². The summed E-state index contributed by atoms with van der Waals surface area (Å²) in [5.41, 5.74) is 1.03. The molecule has 0 spiro atoms. The summed E-state index contributed by atoms with van der Waals surface area (Å²) in [7, 11) is 1.70. The molecule has 1 atom stereocenters. The van der Waals surface area contributed by atoms with Crippen LogP contribution < -0.4 is 5.32 Å². The number of rotatable bonds is 6. The van der Waals surface area contributed by atoms with Crippen LogP contribution >= 0.6 is 23.1 Å². The highest BCUT2D eigenvalue weighted by Crippen LogP contribution is 2.28. The SMILES string of the molecule is COCC(CCCl)Nc1snc2ccccc12. The van der Waals surface area contributed by atoms with Crippen molar-refractivity contribution < 1.29 is 4.74 Å². The van der Waals surface area contributed by atoms with Gasteiger partial charge in [0.05, 0.1) is 18.2 Å². The molecule has 0 amide bonds. The van der Waals surface area contributed by atoms with Crippen LogP contribution in [0, 0.1) is 0 Å². The average molecular weight is 271 g/mol. The van der Waals surface area contributed by atoms with Crippen LogP contribution in [0.25, 0.3) is 10.9 Å². The fourth-order valence-electron chi connectivity index (χ4n) is 1.71. The molecular formula is C12H15ClN2OS. The van der Waals surface area contributed by atoms with Crippen molar-refractivity contribution in [2.75, 3.05) is 24.9 Å². The molecule has 1 unspecified atom stereocenters. The van der Waals surface area contributed by atoms with Crippen molar-refractivity contribution >= 4 is 39.0 Å². The molecule has 1 N–H and O–H groups in total. The highest BCUT2D eigenvalue weighted by atomic mass is 35.5. The van der Waals surface area contributed by atoms with Gasteiger partial charge in [-0.1, -0.05) is 12.1 Å². The Hall–Kier alpha value is -0.840. The van der Waals surface area contributed by atoms with Gasteiger partial charge >= 0.3 is 0 Å². The number of hydrogen-bond acceptors (Lipinski definition) is 4. The van der Waals surface area contributed by atoms with Crippen LogP contribution in [0.3, 0.4) is 0 Å². The predicted molar refractivity (Wildman–Crippen MR) is 74.2 cm³/mol. The first kappa shape index (κ1) is 12.6. The summed E-state index contributed by atoms with van der Waals surface area (Å²) in [6.07, 6.45) is 0.877. The standard InChI is InChI=1S/C12H15ClN2OS/c1-16-8-9(6-7-13)14-12-10-4-2-3-5-11(10)15-17-12/h2-5,9,14H,6-8H2,1H3. The Labute approximate surface area is 110 Å². The molecule has 5 heteroatoms. The fraction of sp³-hybridized carbons (Fsp3) is 0.417. The lowest BCUT2D eigenvalue weighted by Crippen LogP contribution is -2.24. The number of halogens is 1. The lowest BCUT2D eigenvalue weighted by atomic mass is 10.2. The number of ether oxygens (including phenoxy) is 1. The molecule has 0 aliphatic heterocycles. The van der Waals surface area contributed by atoms with Crippen LogP contribution in [-0.4, -0.2) is 30.0 Å². The number of methoxy groups -OCH3 is 1. The van der Waals surface area contributed by atoms with Crippen molar-refractivity contribution in [3.63, 3.8) is 0 Å². The molecule has 3 nitrogen and oxygen atoms in total. The lowest BCUT2D eigenvalue weighted by molar-refractivity contribution is 0.185. The van der Waals surface area contributed by atoms with Gasteiger partial charge < -0.3 is 10.1 Å². The maximum absolute atomic E-state index is 5.78. The van der Waals surface area contributed by atoms with Crippen LogP contribution in [0.4, 0.5) is 5.00 Å². The zero-order valence-electron chi connectivity index (χ0n) is 9.65. The Bertz CT molecular complexity index is 468. The molecule has 17 heavy (non-hydrogen) atoms. The number of nitrogens with one attached hydrogen (secondary N) is 1. The molecule has 0 saturated heterocycles. The van der Waals surface area contributed by atoms with Gasteiger partial charge in [-0.05, 0) is 30.1 Å². The van der Waals surface area contributed by atoms with Crippen molar-refractivity contribution in [2.24, 2.45) is 0 Å². The van der Waals surface area contributed by atoms with Crippen molar-refractivity contribution in [1.82, 2.24) is 4.37 Å². The van der Waals surface area contributed by atoms with Crippen molar-refractivity contribution in [3.8, 4) is 0 Å². The molecule has 2 aromatic rings. The third-order valence-electron chi connectivity index (χ3n) is 2.54. The van der Waals surface area contributed by atoms with Crippen LogP contribution in [0.5, 0.6) is 0 Å². The summed E-state index contributed by atoms with van der Waals surface area (Å²) in [5, 5.41) is 5.70. The van der Waals surface area contributed by atoms with Gasteiger partial charge in [0.1, 0.15) is 5.00 Å². The van der Waals surface area contributed by atoms with Crippen LogP contribution in [0.1, 0.15) is 6.42 Å².